The van der Waals surface area contributed by atoms with Crippen molar-refractivity contribution in [2.24, 2.45) is 0 Å². The lowest BCUT2D eigenvalue weighted by Crippen LogP contribution is -2.09. The van der Waals surface area contributed by atoms with Gasteiger partial charge in [0.2, 0.25) is 0 Å². The largest absolute Gasteiger partial charge is 0.507 e. The van der Waals surface area contributed by atoms with Crippen LogP contribution in [0.4, 0.5) is 0 Å². The Morgan fingerprint density at radius 1 is 1.27 bits per heavy atom. The molecule has 0 unspecified atom stereocenters. The fraction of sp³-hybridized carbons (Fsp3) is 0. The number of phenols is 1. The SMILES string of the molecule is N#Cc1c(O)c2c(-c3ccc(O)c(Br)c3)c(Br)sc2[nH]c1=O. The number of aromatic hydroxyl groups is 2. The number of aromatic nitrogens is 1. The van der Waals surface area contributed by atoms with Gasteiger partial charge in [0.05, 0.1) is 13.6 Å². The van der Waals surface area contributed by atoms with E-state index in [1.165, 1.54) is 17.4 Å². The molecule has 8 heteroatoms. The lowest BCUT2D eigenvalue weighted by atomic mass is 10.0. The van der Waals surface area contributed by atoms with E-state index >= 15 is 0 Å². The van der Waals surface area contributed by atoms with Gasteiger partial charge in [-0.05, 0) is 49.6 Å². The number of phenolic OH excluding ortho intramolecular Hbond substituents is 1. The van der Waals surface area contributed by atoms with Crippen molar-refractivity contribution in [3.05, 3.63) is 42.4 Å². The number of nitrogens with zero attached hydrogens (tertiary/aromatic N) is 1. The highest BCUT2D eigenvalue weighted by atomic mass is 79.9. The van der Waals surface area contributed by atoms with Gasteiger partial charge >= 0.3 is 0 Å². The van der Waals surface area contributed by atoms with Gasteiger partial charge in [-0.15, -0.1) is 11.3 Å². The summed E-state index contributed by atoms with van der Waals surface area (Å²) < 4.78 is 1.20. The second-order valence-corrected chi connectivity index (χ2v) is 7.60. The monoisotopic (exact) mass is 440 g/mol. The van der Waals surface area contributed by atoms with Crippen molar-refractivity contribution < 1.29 is 10.2 Å². The van der Waals surface area contributed by atoms with Crippen molar-refractivity contribution in [3.63, 3.8) is 0 Å². The van der Waals surface area contributed by atoms with Crippen LogP contribution in [0.3, 0.4) is 0 Å². The van der Waals surface area contributed by atoms with Gasteiger partial charge in [0, 0.05) is 5.56 Å². The maximum absolute atomic E-state index is 11.8. The second-order valence-electron chi connectivity index (χ2n) is 4.41. The van der Waals surface area contributed by atoms with Crippen LogP contribution in [-0.2, 0) is 0 Å². The van der Waals surface area contributed by atoms with Crippen molar-refractivity contribution >= 4 is 53.4 Å². The van der Waals surface area contributed by atoms with Crippen molar-refractivity contribution in [2.75, 3.05) is 0 Å². The van der Waals surface area contributed by atoms with Crippen molar-refractivity contribution in [1.29, 1.82) is 5.26 Å². The Morgan fingerprint density at radius 2 is 2.00 bits per heavy atom. The molecule has 1 aromatic carbocycles. The summed E-state index contributed by atoms with van der Waals surface area (Å²) in [6.45, 7) is 0. The molecule has 0 amide bonds. The van der Waals surface area contributed by atoms with E-state index in [1.807, 2.05) is 0 Å². The number of fused-ring (bicyclic) bond motifs is 1. The van der Waals surface area contributed by atoms with Crippen LogP contribution < -0.4 is 5.56 Å². The molecule has 0 fully saturated rings. The quantitative estimate of drug-likeness (QED) is 0.530. The summed E-state index contributed by atoms with van der Waals surface area (Å²) in [4.78, 5) is 14.8. The smallest absolute Gasteiger partial charge is 0.270 e. The summed E-state index contributed by atoms with van der Waals surface area (Å²) in [7, 11) is 0. The van der Waals surface area contributed by atoms with Gasteiger partial charge < -0.3 is 15.2 Å². The molecule has 0 aliphatic carbocycles. The van der Waals surface area contributed by atoms with Crippen LogP contribution in [-0.4, -0.2) is 15.2 Å². The van der Waals surface area contributed by atoms with Crippen LogP contribution in [0, 0.1) is 11.3 Å². The first-order chi connectivity index (χ1) is 10.4. The van der Waals surface area contributed by atoms with E-state index in [-0.39, 0.29) is 17.1 Å². The lowest BCUT2D eigenvalue weighted by Gasteiger charge is -2.05. The Bertz CT molecular complexity index is 1020. The zero-order valence-electron chi connectivity index (χ0n) is 10.6. The van der Waals surface area contributed by atoms with Gasteiger partial charge in [0.15, 0.2) is 5.56 Å². The average molecular weight is 442 g/mol. The van der Waals surface area contributed by atoms with Crippen LogP contribution in [0.5, 0.6) is 11.5 Å². The maximum atomic E-state index is 11.8. The Hall–Kier alpha value is -1.82. The predicted molar refractivity (Wildman–Crippen MR) is 91.3 cm³/mol. The predicted octanol–water partition coefficient (Wildman–Crippen LogP) is 4.06. The van der Waals surface area contributed by atoms with Crippen molar-refractivity contribution in [2.45, 2.75) is 0 Å². The van der Waals surface area contributed by atoms with Gasteiger partial charge in [0.25, 0.3) is 5.56 Å². The first-order valence-corrected chi connectivity index (χ1v) is 8.30. The van der Waals surface area contributed by atoms with Gasteiger partial charge in [-0.3, -0.25) is 4.79 Å². The minimum Gasteiger partial charge on any atom is -0.507 e. The van der Waals surface area contributed by atoms with E-state index in [2.05, 4.69) is 36.8 Å². The number of thiophene rings is 1. The van der Waals surface area contributed by atoms with Crippen LogP contribution in [0.2, 0.25) is 0 Å². The third-order valence-electron chi connectivity index (χ3n) is 3.14. The van der Waals surface area contributed by atoms with Crippen LogP contribution in [0.1, 0.15) is 5.56 Å². The summed E-state index contributed by atoms with van der Waals surface area (Å²) in [5.41, 5.74) is 0.413. The number of hydrogen-bond acceptors (Lipinski definition) is 5. The maximum Gasteiger partial charge on any atom is 0.270 e. The summed E-state index contributed by atoms with van der Waals surface area (Å²) in [5.74, 6) is -0.253. The summed E-state index contributed by atoms with van der Waals surface area (Å²) in [6, 6.07) is 6.60. The number of pyridine rings is 1. The molecule has 0 spiro atoms. The summed E-state index contributed by atoms with van der Waals surface area (Å²) >= 11 is 7.91. The van der Waals surface area contributed by atoms with E-state index in [9.17, 15) is 15.0 Å². The normalized spacial score (nSPS) is 10.8. The fourth-order valence-corrected chi connectivity index (χ4v) is 4.38. The zero-order chi connectivity index (χ0) is 16.0. The molecule has 0 saturated heterocycles. The molecule has 0 atom stereocenters. The minimum atomic E-state index is -0.625. The molecule has 3 rings (SSSR count). The molecule has 2 heterocycles. The van der Waals surface area contributed by atoms with Gasteiger partial charge in [-0.1, -0.05) is 6.07 Å². The van der Waals surface area contributed by atoms with Crippen LogP contribution in [0.25, 0.3) is 21.3 Å². The average Bonchev–Trinajstić information content (AvgIpc) is 2.78. The number of rotatable bonds is 1. The number of nitrogens with one attached hydrogen (secondary N) is 1. The first kappa shape index (κ1) is 15.1. The molecule has 3 aromatic rings. The highest BCUT2D eigenvalue weighted by Gasteiger charge is 2.21. The number of benzene rings is 1. The second kappa shape index (κ2) is 5.43. The molecule has 110 valence electrons. The molecule has 22 heavy (non-hydrogen) atoms. The molecule has 0 saturated carbocycles. The molecule has 5 nitrogen and oxygen atoms in total. The molecule has 0 aliphatic rings. The number of hydrogen-bond donors (Lipinski definition) is 3. The van der Waals surface area contributed by atoms with Gasteiger partial charge in [-0.25, -0.2) is 0 Å². The van der Waals surface area contributed by atoms with E-state index in [0.717, 1.165) is 0 Å². The fourth-order valence-electron chi connectivity index (χ4n) is 2.14. The van der Waals surface area contributed by atoms with Crippen molar-refractivity contribution in [1.82, 2.24) is 4.98 Å². The van der Waals surface area contributed by atoms with Gasteiger partial charge in [-0.2, -0.15) is 5.26 Å². The van der Waals surface area contributed by atoms with E-state index in [4.69, 9.17) is 5.26 Å². The number of aromatic amines is 1. The first-order valence-electron chi connectivity index (χ1n) is 5.90. The third kappa shape index (κ3) is 2.22. The molecule has 3 N–H and O–H groups in total. The third-order valence-corrected chi connectivity index (χ3v) is 5.55. The molecule has 0 radical (unpaired) electrons. The number of H-pyrrole nitrogens is 1. The minimum absolute atomic E-state index is 0.0924. The molecule has 0 bridgehead atoms. The lowest BCUT2D eigenvalue weighted by molar-refractivity contribution is 0.472. The highest BCUT2D eigenvalue weighted by molar-refractivity contribution is 9.11. The molecular formula is C14H6Br2N2O3S. The van der Waals surface area contributed by atoms with Gasteiger partial charge in [0.1, 0.15) is 22.4 Å². The standard InChI is InChI=1S/C14H6Br2N2O3S/c15-7-3-5(1-2-8(7)19)9-10-11(20)6(4-17)13(21)18-14(10)22-12(9)16/h1-3,19H,(H2,18,20,21). The van der Waals surface area contributed by atoms with Crippen molar-refractivity contribution in [3.8, 4) is 28.7 Å². The number of halogens is 2. The Balaban J connectivity index is 2.44. The zero-order valence-corrected chi connectivity index (χ0v) is 14.6. The number of nitriles is 1. The van der Waals surface area contributed by atoms with E-state index in [1.54, 1.807) is 18.2 Å². The molecule has 2 aromatic heterocycles. The highest BCUT2D eigenvalue weighted by Crippen LogP contribution is 2.46. The van der Waals surface area contributed by atoms with Crippen LogP contribution >= 0.6 is 43.2 Å². The molecule has 0 aliphatic heterocycles. The van der Waals surface area contributed by atoms with E-state index < -0.39 is 5.56 Å². The summed E-state index contributed by atoms with van der Waals surface area (Å²) in [5, 5.41) is 29.3. The Labute approximate surface area is 144 Å². The summed E-state index contributed by atoms with van der Waals surface area (Å²) in [6.07, 6.45) is 0. The topological polar surface area (TPSA) is 97.1 Å². The van der Waals surface area contributed by atoms with E-state index in [0.29, 0.717) is 29.6 Å². The van der Waals surface area contributed by atoms with Crippen LogP contribution in [0.15, 0.2) is 31.3 Å². The Kier molecular flexibility index (Phi) is 3.72. The Morgan fingerprint density at radius 3 is 2.64 bits per heavy atom. The molecular weight excluding hydrogens is 436 g/mol.